The minimum Gasteiger partial charge on any atom is -0.508 e. The first-order chi connectivity index (χ1) is 12.6. The molecule has 0 amide bonds. The quantitative estimate of drug-likeness (QED) is 0.476. The first-order valence-corrected chi connectivity index (χ1v) is 9.81. The van der Waals surface area contributed by atoms with Gasteiger partial charge in [-0.05, 0) is 46.1 Å². The van der Waals surface area contributed by atoms with E-state index < -0.39 is 5.97 Å². The molecule has 0 heterocycles. The number of phenolic OH excluding ortho intramolecular Hbond substituents is 1. The van der Waals surface area contributed by atoms with Gasteiger partial charge in [-0.15, -0.1) is 0 Å². The van der Waals surface area contributed by atoms with E-state index in [1.54, 1.807) is 18.2 Å². The maximum atomic E-state index is 12.9. The Morgan fingerprint density at radius 1 is 0.750 bits per heavy atom. The van der Waals surface area contributed by atoms with Crippen molar-refractivity contribution in [1.82, 2.24) is 0 Å². The van der Waals surface area contributed by atoms with E-state index in [1.165, 1.54) is 5.56 Å². The Kier molecular flexibility index (Phi) is 5.71. The number of hydrogen-bond acceptors (Lipinski definition) is 3. The zero-order valence-corrected chi connectivity index (χ0v) is 18.7. The smallest absolute Gasteiger partial charge is 0.343 e. The van der Waals surface area contributed by atoms with Crippen LogP contribution in [0, 0.1) is 0 Å². The zero-order valence-electron chi connectivity index (χ0n) is 18.7. The number of carbonyl (C=O) groups excluding carboxylic acids is 1. The minimum absolute atomic E-state index is 0.0150. The van der Waals surface area contributed by atoms with Crippen LogP contribution in [0.2, 0.25) is 0 Å². The van der Waals surface area contributed by atoms with Crippen molar-refractivity contribution in [2.45, 2.75) is 78.6 Å². The van der Waals surface area contributed by atoms with Crippen molar-refractivity contribution < 1.29 is 14.6 Å². The molecule has 0 aliphatic heterocycles. The van der Waals surface area contributed by atoms with E-state index in [4.69, 9.17) is 4.74 Å². The van der Waals surface area contributed by atoms with Crippen molar-refractivity contribution >= 4 is 5.97 Å². The zero-order chi connectivity index (χ0) is 21.5. The fraction of sp³-hybridized carbons (Fsp3) is 0.480. The molecule has 0 fully saturated rings. The monoisotopic (exact) mass is 382 g/mol. The highest BCUT2D eigenvalue weighted by molar-refractivity contribution is 5.91. The molecule has 0 radical (unpaired) electrons. The highest BCUT2D eigenvalue weighted by Gasteiger charge is 2.25. The summed E-state index contributed by atoms with van der Waals surface area (Å²) in [6.45, 7) is 18.9. The molecule has 2 aromatic carbocycles. The van der Waals surface area contributed by atoms with E-state index in [1.807, 2.05) is 32.9 Å². The SMILES string of the molecule is CC(C)(C)c1ccc(OC(=O)c2ccc(O)c(C(C)(C)C)c2)c(C(C)(C)C)c1. The van der Waals surface area contributed by atoms with Crippen LogP contribution in [0.25, 0.3) is 0 Å². The average molecular weight is 383 g/mol. The van der Waals surface area contributed by atoms with Gasteiger partial charge in [-0.3, -0.25) is 0 Å². The molecule has 2 aromatic rings. The van der Waals surface area contributed by atoms with Crippen LogP contribution in [0.3, 0.4) is 0 Å². The van der Waals surface area contributed by atoms with Gasteiger partial charge in [0.05, 0.1) is 5.56 Å². The summed E-state index contributed by atoms with van der Waals surface area (Å²) in [5, 5.41) is 10.1. The molecule has 0 atom stereocenters. The molecule has 28 heavy (non-hydrogen) atoms. The van der Waals surface area contributed by atoms with Gasteiger partial charge >= 0.3 is 5.97 Å². The summed E-state index contributed by atoms with van der Waals surface area (Å²) in [5.41, 5.74) is 2.94. The predicted molar refractivity (Wildman–Crippen MR) is 116 cm³/mol. The van der Waals surface area contributed by atoms with E-state index in [0.29, 0.717) is 11.3 Å². The summed E-state index contributed by atoms with van der Waals surface area (Å²) in [7, 11) is 0. The third-order valence-electron chi connectivity index (χ3n) is 4.90. The van der Waals surface area contributed by atoms with Crippen LogP contribution in [-0.4, -0.2) is 11.1 Å². The molecule has 0 aliphatic rings. The highest BCUT2D eigenvalue weighted by Crippen LogP contribution is 2.36. The van der Waals surface area contributed by atoms with Gasteiger partial charge in [0.25, 0.3) is 0 Å². The van der Waals surface area contributed by atoms with Gasteiger partial charge in [0, 0.05) is 11.1 Å². The standard InChI is InChI=1S/C25H34O3/c1-23(2,3)17-11-13-21(19(15-17)25(7,8)9)28-22(27)16-10-12-20(26)18(14-16)24(4,5)6/h10-15,26H,1-9H3. The minimum atomic E-state index is -0.417. The van der Waals surface area contributed by atoms with Crippen molar-refractivity contribution in [3.05, 3.63) is 58.7 Å². The summed E-state index contributed by atoms with van der Waals surface area (Å²) >= 11 is 0. The van der Waals surface area contributed by atoms with Crippen LogP contribution >= 0.6 is 0 Å². The molecule has 1 N–H and O–H groups in total. The summed E-state index contributed by atoms with van der Waals surface area (Å²) in [6, 6.07) is 10.9. The number of aromatic hydroxyl groups is 1. The average Bonchev–Trinajstić information content (AvgIpc) is 2.52. The second-order valence-electron chi connectivity index (χ2n) is 10.6. The lowest BCUT2D eigenvalue weighted by molar-refractivity contribution is 0.0731. The van der Waals surface area contributed by atoms with Crippen LogP contribution < -0.4 is 4.74 Å². The van der Waals surface area contributed by atoms with Gasteiger partial charge in [-0.1, -0.05) is 74.4 Å². The molecule has 0 saturated heterocycles. The van der Waals surface area contributed by atoms with E-state index in [-0.39, 0.29) is 22.0 Å². The summed E-state index contributed by atoms with van der Waals surface area (Å²) in [4.78, 5) is 12.9. The number of carbonyl (C=O) groups is 1. The predicted octanol–water partition coefficient (Wildman–Crippen LogP) is 6.50. The molecule has 2 rings (SSSR count). The Morgan fingerprint density at radius 3 is 1.82 bits per heavy atom. The van der Waals surface area contributed by atoms with Gasteiger partial charge in [-0.25, -0.2) is 4.79 Å². The summed E-state index contributed by atoms with van der Waals surface area (Å²) in [6.07, 6.45) is 0. The Hall–Kier alpha value is -2.29. The van der Waals surface area contributed by atoms with Crippen molar-refractivity contribution in [1.29, 1.82) is 0 Å². The molecule has 0 bridgehead atoms. The molecule has 0 unspecified atom stereocenters. The van der Waals surface area contributed by atoms with Crippen molar-refractivity contribution in [2.75, 3.05) is 0 Å². The third kappa shape index (κ3) is 4.95. The van der Waals surface area contributed by atoms with Crippen LogP contribution in [0.1, 0.15) is 89.4 Å². The lowest BCUT2D eigenvalue weighted by Gasteiger charge is -2.27. The van der Waals surface area contributed by atoms with E-state index >= 15 is 0 Å². The van der Waals surface area contributed by atoms with Crippen LogP contribution in [0.5, 0.6) is 11.5 Å². The van der Waals surface area contributed by atoms with Crippen LogP contribution in [0.4, 0.5) is 0 Å². The highest BCUT2D eigenvalue weighted by atomic mass is 16.5. The van der Waals surface area contributed by atoms with Crippen molar-refractivity contribution in [2.24, 2.45) is 0 Å². The van der Waals surface area contributed by atoms with Gasteiger partial charge in [0.2, 0.25) is 0 Å². The number of hydrogen-bond donors (Lipinski definition) is 1. The lowest BCUT2D eigenvalue weighted by atomic mass is 9.80. The summed E-state index contributed by atoms with van der Waals surface area (Å²) < 4.78 is 5.81. The van der Waals surface area contributed by atoms with Gasteiger partial charge in [-0.2, -0.15) is 0 Å². The van der Waals surface area contributed by atoms with Crippen LogP contribution in [0.15, 0.2) is 36.4 Å². The fourth-order valence-electron chi connectivity index (χ4n) is 3.09. The molecule has 152 valence electrons. The molecule has 3 heteroatoms. The second-order valence-corrected chi connectivity index (χ2v) is 10.6. The largest absolute Gasteiger partial charge is 0.508 e. The maximum absolute atomic E-state index is 12.9. The Bertz CT molecular complexity index is 872. The summed E-state index contributed by atoms with van der Waals surface area (Å²) in [5.74, 6) is 0.351. The van der Waals surface area contributed by atoms with Crippen molar-refractivity contribution in [3.8, 4) is 11.5 Å². The number of rotatable bonds is 2. The third-order valence-corrected chi connectivity index (χ3v) is 4.90. The first-order valence-electron chi connectivity index (χ1n) is 9.81. The van der Waals surface area contributed by atoms with E-state index in [2.05, 4.69) is 47.6 Å². The molecular weight excluding hydrogens is 348 g/mol. The van der Waals surface area contributed by atoms with E-state index in [9.17, 15) is 9.90 Å². The van der Waals surface area contributed by atoms with Gasteiger partial charge < -0.3 is 9.84 Å². The topological polar surface area (TPSA) is 46.5 Å². The molecule has 0 saturated carbocycles. The number of ether oxygens (including phenoxy) is 1. The Balaban J connectivity index is 2.44. The molecule has 3 nitrogen and oxygen atoms in total. The number of benzene rings is 2. The fourth-order valence-corrected chi connectivity index (χ4v) is 3.09. The van der Waals surface area contributed by atoms with Crippen molar-refractivity contribution in [3.63, 3.8) is 0 Å². The Morgan fingerprint density at radius 2 is 1.32 bits per heavy atom. The maximum Gasteiger partial charge on any atom is 0.343 e. The molecule has 0 aliphatic carbocycles. The van der Waals surface area contributed by atoms with Gasteiger partial charge in [0.1, 0.15) is 11.5 Å². The van der Waals surface area contributed by atoms with Crippen LogP contribution in [-0.2, 0) is 16.2 Å². The van der Waals surface area contributed by atoms with Gasteiger partial charge in [0.15, 0.2) is 0 Å². The lowest BCUT2D eigenvalue weighted by Crippen LogP contribution is -2.19. The van der Waals surface area contributed by atoms with E-state index in [0.717, 1.165) is 11.1 Å². The second kappa shape index (κ2) is 7.27. The molecule has 0 aromatic heterocycles. The number of phenols is 1. The number of esters is 1. The molecule has 0 spiro atoms. The first kappa shape index (κ1) is 22.0. The molecular formula is C25H34O3. The Labute approximate surface area is 169 Å². The normalized spacial score (nSPS) is 12.8.